The standard InChI is InChI=1S/C18H15NOS/c1-12-8-10-14(11-9-12)16-13(2)21-18(19-16)17(20)15-6-4-3-5-7-15/h3-11H,1-2H3. The van der Waals surface area contributed by atoms with Crippen LogP contribution < -0.4 is 0 Å². The number of thiazole rings is 1. The summed E-state index contributed by atoms with van der Waals surface area (Å²) < 4.78 is 0. The predicted molar refractivity (Wildman–Crippen MR) is 86.9 cm³/mol. The molecule has 0 aliphatic rings. The molecule has 0 atom stereocenters. The maximum Gasteiger partial charge on any atom is 0.221 e. The first-order valence-electron chi connectivity index (χ1n) is 6.79. The van der Waals surface area contributed by atoms with Gasteiger partial charge in [0.1, 0.15) is 0 Å². The van der Waals surface area contributed by atoms with Gasteiger partial charge in [-0.25, -0.2) is 4.98 Å². The van der Waals surface area contributed by atoms with E-state index in [9.17, 15) is 4.79 Å². The molecule has 0 bridgehead atoms. The normalized spacial score (nSPS) is 10.6. The zero-order valence-electron chi connectivity index (χ0n) is 12.0. The van der Waals surface area contributed by atoms with Gasteiger partial charge in [0.2, 0.25) is 5.78 Å². The van der Waals surface area contributed by atoms with Gasteiger partial charge in [-0.05, 0) is 13.8 Å². The van der Waals surface area contributed by atoms with Crippen molar-refractivity contribution in [1.29, 1.82) is 0 Å². The van der Waals surface area contributed by atoms with E-state index in [1.54, 1.807) is 0 Å². The molecular weight excluding hydrogens is 278 g/mol. The Morgan fingerprint density at radius 1 is 0.952 bits per heavy atom. The molecule has 3 rings (SSSR count). The summed E-state index contributed by atoms with van der Waals surface area (Å²) in [5.74, 6) is -0.0120. The SMILES string of the molecule is Cc1ccc(-c2nc(C(=O)c3ccccc3)sc2C)cc1. The molecule has 1 aromatic heterocycles. The highest BCUT2D eigenvalue weighted by atomic mass is 32.1. The number of carbonyl (C=O) groups is 1. The van der Waals surface area contributed by atoms with Crippen LogP contribution in [-0.2, 0) is 0 Å². The van der Waals surface area contributed by atoms with Crippen LogP contribution in [0.3, 0.4) is 0 Å². The molecule has 0 saturated heterocycles. The smallest absolute Gasteiger partial charge is 0.221 e. The predicted octanol–water partition coefficient (Wildman–Crippen LogP) is 4.66. The van der Waals surface area contributed by atoms with Crippen LogP contribution in [0.5, 0.6) is 0 Å². The van der Waals surface area contributed by atoms with E-state index >= 15 is 0 Å². The molecule has 1 heterocycles. The number of aryl methyl sites for hydroxylation is 2. The third-order valence-corrected chi connectivity index (χ3v) is 4.32. The van der Waals surface area contributed by atoms with Gasteiger partial charge in [0.15, 0.2) is 5.01 Å². The molecule has 0 amide bonds. The zero-order chi connectivity index (χ0) is 14.8. The third-order valence-electron chi connectivity index (χ3n) is 3.35. The van der Waals surface area contributed by atoms with E-state index < -0.39 is 0 Å². The van der Waals surface area contributed by atoms with Crippen LogP contribution in [0.4, 0.5) is 0 Å². The van der Waals surface area contributed by atoms with Crippen molar-refractivity contribution < 1.29 is 4.79 Å². The van der Waals surface area contributed by atoms with Gasteiger partial charge in [0, 0.05) is 16.0 Å². The van der Waals surface area contributed by atoms with Gasteiger partial charge in [-0.2, -0.15) is 0 Å². The van der Waals surface area contributed by atoms with Crippen molar-refractivity contribution in [1.82, 2.24) is 4.98 Å². The lowest BCUT2D eigenvalue weighted by molar-refractivity contribution is 0.103. The summed E-state index contributed by atoms with van der Waals surface area (Å²) in [6, 6.07) is 17.5. The van der Waals surface area contributed by atoms with Crippen LogP contribution >= 0.6 is 11.3 Å². The molecule has 0 spiro atoms. The van der Waals surface area contributed by atoms with E-state index in [0.29, 0.717) is 10.6 Å². The Balaban J connectivity index is 1.98. The molecule has 2 nitrogen and oxygen atoms in total. The minimum atomic E-state index is -0.0120. The lowest BCUT2D eigenvalue weighted by Gasteiger charge is -1.99. The van der Waals surface area contributed by atoms with Crippen molar-refractivity contribution >= 4 is 17.1 Å². The van der Waals surface area contributed by atoms with Gasteiger partial charge in [-0.1, -0.05) is 60.2 Å². The number of hydrogen-bond donors (Lipinski definition) is 0. The van der Waals surface area contributed by atoms with Crippen molar-refractivity contribution in [3.63, 3.8) is 0 Å². The number of hydrogen-bond acceptors (Lipinski definition) is 3. The fourth-order valence-corrected chi connectivity index (χ4v) is 3.08. The van der Waals surface area contributed by atoms with E-state index in [1.165, 1.54) is 16.9 Å². The molecule has 104 valence electrons. The van der Waals surface area contributed by atoms with E-state index in [2.05, 4.69) is 24.0 Å². The second kappa shape index (κ2) is 5.62. The lowest BCUT2D eigenvalue weighted by atomic mass is 10.1. The molecule has 2 aromatic carbocycles. The van der Waals surface area contributed by atoms with E-state index in [-0.39, 0.29) is 5.78 Å². The molecule has 0 fully saturated rings. The summed E-state index contributed by atoms with van der Waals surface area (Å²) in [7, 11) is 0. The van der Waals surface area contributed by atoms with Crippen molar-refractivity contribution in [2.24, 2.45) is 0 Å². The Morgan fingerprint density at radius 3 is 2.29 bits per heavy atom. The molecule has 0 N–H and O–H groups in total. The third kappa shape index (κ3) is 2.78. The Labute approximate surface area is 128 Å². The highest BCUT2D eigenvalue weighted by molar-refractivity contribution is 7.14. The number of ketones is 1. The Hall–Kier alpha value is -2.26. The first-order valence-corrected chi connectivity index (χ1v) is 7.61. The Kier molecular flexibility index (Phi) is 3.67. The maximum absolute atomic E-state index is 12.4. The number of carbonyl (C=O) groups excluding carboxylic acids is 1. The molecule has 3 aromatic rings. The zero-order valence-corrected chi connectivity index (χ0v) is 12.8. The topological polar surface area (TPSA) is 30.0 Å². The fraction of sp³-hybridized carbons (Fsp3) is 0.111. The largest absolute Gasteiger partial charge is 0.286 e. The molecule has 0 unspecified atom stereocenters. The first kappa shape index (κ1) is 13.7. The summed E-state index contributed by atoms with van der Waals surface area (Å²) in [6.07, 6.45) is 0. The van der Waals surface area contributed by atoms with Gasteiger partial charge < -0.3 is 0 Å². The first-order chi connectivity index (χ1) is 10.1. The fourth-order valence-electron chi connectivity index (χ4n) is 2.19. The minimum absolute atomic E-state index is 0.0120. The van der Waals surface area contributed by atoms with Crippen LogP contribution in [0.25, 0.3) is 11.3 Å². The molecule has 0 aliphatic heterocycles. The molecule has 3 heteroatoms. The van der Waals surface area contributed by atoms with Crippen LogP contribution in [0.1, 0.15) is 25.8 Å². The van der Waals surface area contributed by atoms with Crippen LogP contribution in [-0.4, -0.2) is 10.8 Å². The second-order valence-corrected chi connectivity index (χ2v) is 6.19. The number of rotatable bonds is 3. The molecule has 0 aliphatic carbocycles. The van der Waals surface area contributed by atoms with E-state index in [0.717, 1.165) is 16.1 Å². The van der Waals surface area contributed by atoms with Crippen molar-refractivity contribution in [3.8, 4) is 11.3 Å². The second-order valence-electron chi connectivity index (χ2n) is 4.98. The maximum atomic E-state index is 12.4. The summed E-state index contributed by atoms with van der Waals surface area (Å²) in [5, 5.41) is 0.550. The van der Waals surface area contributed by atoms with Gasteiger partial charge in [0.05, 0.1) is 5.69 Å². The summed E-state index contributed by atoms with van der Waals surface area (Å²) >= 11 is 1.46. The molecule has 0 saturated carbocycles. The van der Waals surface area contributed by atoms with Crippen LogP contribution in [0.2, 0.25) is 0 Å². The summed E-state index contributed by atoms with van der Waals surface area (Å²) in [6.45, 7) is 4.07. The number of nitrogens with zero attached hydrogens (tertiary/aromatic N) is 1. The lowest BCUT2D eigenvalue weighted by Crippen LogP contribution is -1.99. The summed E-state index contributed by atoms with van der Waals surface area (Å²) in [5.41, 5.74) is 3.86. The molecular formula is C18H15NOS. The van der Waals surface area contributed by atoms with Crippen molar-refractivity contribution in [2.75, 3.05) is 0 Å². The van der Waals surface area contributed by atoms with Gasteiger partial charge in [0.25, 0.3) is 0 Å². The number of benzene rings is 2. The summed E-state index contributed by atoms with van der Waals surface area (Å²) in [4.78, 5) is 18.1. The Bertz CT molecular complexity index is 773. The molecule has 21 heavy (non-hydrogen) atoms. The Morgan fingerprint density at radius 2 is 1.62 bits per heavy atom. The average molecular weight is 293 g/mol. The van der Waals surface area contributed by atoms with Crippen LogP contribution in [0.15, 0.2) is 54.6 Å². The monoisotopic (exact) mass is 293 g/mol. The average Bonchev–Trinajstić information content (AvgIpc) is 2.90. The van der Waals surface area contributed by atoms with E-state index in [4.69, 9.17) is 0 Å². The highest BCUT2D eigenvalue weighted by Gasteiger charge is 2.16. The quantitative estimate of drug-likeness (QED) is 0.657. The number of aromatic nitrogens is 1. The highest BCUT2D eigenvalue weighted by Crippen LogP contribution is 2.28. The molecule has 0 radical (unpaired) electrons. The van der Waals surface area contributed by atoms with Crippen molar-refractivity contribution in [3.05, 3.63) is 75.6 Å². The van der Waals surface area contributed by atoms with Gasteiger partial charge >= 0.3 is 0 Å². The van der Waals surface area contributed by atoms with Crippen LogP contribution in [0, 0.1) is 13.8 Å². The van der Waals surface area contributed by atoms with E-state index in [1.807, 2.05) is 49.4 Å². The van der Waals surface area contributed by atoms with Gasteiger partial charge in [-0.3, -0.25) is 4.79 Å². The van der Waals surface area contributed by atoms with Gasteiger partial charge in [-0.15, -0.1) is 11.3 Å². The minimum Gasteiger partial charge on any atom is -0.286 e. The van der Waals surface area contributed by atoms with Crippen molar-refractivity contribution in [2.45, 2.75) is 13.8 Å².